The maximum absolute atomic E-state index is 11.0. The first-order chi connectivity index (χ1) is 11.6. The van der Waals surface area contributed by atoms with Gasteiger partial charge in [0.25, 0.3) is 0 Å². The summed E-state index contributed by atoms with van der Waals surface area (Å²) in [7, 11) is 0. The summed E-state index contributed by atoms with van der Waals surface area (Å²) in [5.41, 5.74) is 5.25. The van der Waals surface area contributed by atoms with E-state index in [1.165, 1.54) is 29.7 Å². The van der Waals surface area contributed by atoms with Crippen molar-refractivity contribution in [2.24, 2.45) is 0 Å². The maximum atomic E-state index is 11.0. The number of hydrogen-bond donors (Lipinski definition) is 1. The van der Waals surface area contributed by atoms with Gasteiger partial charge < -0.3 is 10.2 Å². The molecule has 2 aromatic rings. The topological polar surface area (TPSA) is 32.3 Å². The lowest BCUT2D eigenvalue weighted by Gasteiger charge is -2.34. The van der Waals surface area contributed by atoms with Crippen LogP contribution in [0.3, 0.4) is 0 Å². The number of nitrogens with one attached hydrogen (secondary N) is 1. The number of piperidine rings is 1. The van der Waals surface area contributed by atoms with E-state index in [2.05, 4.69) is 65.7 Å². The molecule has 0 radical (unpaired) electrons. The Labute approximate surface area is 144 Å². The lowest BCUT2D eigenvalue weighted by Crippen LogP contribution is -2.32. The normalized spacial score (nSPS) is 15.3. The van der Waals surface area contributed by atoms with Gasteiger partial charge in [-0.25, -0.2) is 0 Å². The summed E-state index contributed by atoms with van der Waals surface area (Å²) in [5.74, 6) is 0.656. The van der Waals surface area contributed by atoms with E-state index in [1.807, 2.05) is 0 Å². The molecule has 126 valence electrons. The highest BCUT2D eigenvalue weighted by Crippen LogP contribution is 2.30. The second kappa shape index (κ2) is 7.52. The fraction of sp³-hybridized carbons (Fsp3) is 0.381. The van der Waals surface area contributed by atoms with Crippen molar-refractivity contribution < 1.29 is 4.79 Å². The molecule has 0 bridgehead atoms. The molecular formula is C21H26N2O. The first-order valence-electron chi connectivity index (χ1n) is 8.77. The summed E-state index contributed by atoms with van der Waals surface area (Å²) >= 11 is 0. The number of carbonyl (C=O) groups is 1. The number of carbonyl (C=O) groups excluding carboxylic acids is 1. The van der Waals surface area contributed by atoms with Crippen LogP contribution in [-0.4, -0.2) is 19.0 Å². The quantitative estimate of drug-likeness (QED) is 0.922. The monoisotopic (exact) mass is 322 g/mol. The molecule has 0 saturated carbocycles. The van der Waals surface area contributed by atoms with Crippen LogP contribution in [0.15, 0.2) is 48.5 Å². The second-order valence-electron chi connectivity index (χ2n) is 6.75. The van der Waals surface area contributed by atoms with Crippen molar-refractivity contribution in [2.45, 2.75) is 39.2 Å². The van der Waals surface area contributed by atoms with Crippen LogP contribution in [-0.2, 0) is 11.3 Å². The Morgan fingerprint density at radius 2 is 1.83 bits per heavy atom. The minimum absolute atomic E-state index is 0.0163. The molecule has 0 aromatic heterocycles. The van der Waals surface area contributed by atoms with Gasteiger partial charge in [0.05, 0.1) is 0 Å². The molecule has 1 aliphatic rings. The van der Waals surface area contributed by atoms with E-state index in [0.29, 0.717) is 12.5 Å². The molecule has 1 heterocycles. The minimum atomic E-state index is 0.0163. The molecule has 0 aliphatic carbocycles. The summed E-state index contributed by atoms with van der Waals surface area (Å²) in [6.45, 7) is 6.54. The van der Waals surface area contributed by atoms with E-state index in [0.717, 1.165) is 18.7 Å². The molecule has 1 amide bonds. The average molecular weight is 322 g/mol. The maximum Gasteiger partial charge on any atom is 0.217 e. The van der Waals surface area contributed by atoms with Crippen LogP contribution in [0.4, 0.5) is 5.69 Å². The highest BCUT2D eigenvalue weighted by Gasteiger charge is 2.20. The number of hydrogen-bond acceptors (Lipinski definition) is 2. The van der Waals surface area contributed by atoms with Crippen molar-refractivity contribution in [2.75, 3.05) is 18.0 Å². The first-order valence-corrected chi connectivity index (χ1v) is 8.77. The number of aryl methyl sites for hydroxylation is 1. The number of nitrogens with zero attached hydrogens (tertiary/aromatic N) is 1. The fourth-order valence-corrected chi connectivity index (χ4v) is 3.43. The lowest BCUT2D eigenvalue weighted by molar-refractivity contribution is -0.119. The predicted molar refractivity (Wildman–Crippen MR) is 99.3 cm³/mol. The molecule has 3 rings (SSSR count). The molecule has 24 heavy (non-hydrogen) atoms. The van der Waals surface area contributed by atoms with Gasteiger partial charge in [0.1, 0.15) is 0 Å². The van der Waals surface area contributed by atoms with E-state index in [9.17, 15) is 4.79 Å². The third kappa shape index (κ3) is 4.16. The molecule has 0 unspecified atom stereocenters. The summed E-state index contributed by atoms with van der Waals surface area (Å²) in [6.07, 6.45) is 2.39. The standard InChI is InChI=1S/C21H26N2O/c1-16-4-3-5-21(14-16)23-12-10-20(11-13-23)19-8-6-18(7-9-19)15-22-17(2)24/h3-9,14,20H,10-13,15H2,1-2H3,(H,22,24). The predicted octanol–water partition coefficient (Wildman–Crippen LogP) is 4.02. The molecule has 0 atom stereocenters. The van der Waals surface area contributed by atoms with Gasteiger partial charge in [-0.1, -0.05) is 36.4 Å². The molecule has 1 N–H and O–H groups in total. The zero-order valence-corrected chi connectivity index (χ0v) is 14.6. The van der Waals surface area contributed by atoms with Crippen LogP contribution in [0, 0.1) is 6.92 Å². The van der Waals surface area contributed by atoms with Crippen LogP contribution in [0.25, 0.3) is 0 Å². The summed E-state index contributed by atoms with van der Waals surface area (Å²) < 4.78 is 0. The molecule has 1 saturated heterocycles. The molecular weight excluding hydrogens is 296 g/mol. The number of benzene rings is 2. The Balaban J connectivity index is 1.57. The van der Waals surface area contributed by atoms with Gasteiger partial charge >= 0.3 is 0 Å². The van der Waals surface area contributed by atoms with E-state index in [1.54, 1.807) is 6.92 Å². The van der Waals surface area contributed by atoms with Gasteiger partial charge in [0.15, 0.2) is 0 Å². The van der Waals surface area contributed by atoms with Crippen LogP contribution >= 0.6 is 0 Å². The van der Waals surface area contributed by atoms with Gasteiger partial charge in [0.2, 0.25) is 5.91 Å². The Kier molecular flexibility index (Phi) is 5.19. The van der Waals surface area contributed by atoms with E-state index in [4.69, 9.17) is 0 Å². The van der Waals surface area contributed by atoms with E-state index < -0.39 is 0 Å². The third-order valence-corrected chi connectivity index (χ3v) is 4.85. The lowest BCUT2D eigenvalue weighted by atomic mass is 9.88. The highest BCUT2D eigenvalue weighted by atomic mass is 16.1. The average Bonchev–Trinajstić information content (AvgIpc) is 2.60. The van der Waals surface area contributed by atoms with Gasteiger partial charge in [-0.05, 0) is 54.5 Å². The third-order valence-electron chi connectivity index (χ3n) is 4.85. The van der Waals surface area contributed by atoms with Crippen molar-refractivity contribution in [3.8, 4) is 0 Å². The molecule has 2 aromatic carbocycles. The van der Waals surface area contributed by atoms with Gasteiger partial charge in [0, 0.05) is 32.2 Å². The summed E-state index contributed by atoms with van der Waals surface area (Å²) in [5, 5.41) is 2.84. The van der Waals surface area contributed by atoms with Gasteiger partial charge in [-0.15, -0.1) is 0 Å². The van der Waals surface area contributed by atoms with Gasteiger partial charge in [-0.2, -0.15) is 0 Å². The zero-order chi connectivity index (χ0) is 16.9. The number of anilines is 1. The van der Waals surface area contributed by atoms with Crippen LogP contribution < -0.4 is 10.2 Å². The number of amides is 1. The Morgan fingerprint density at radius 3 is 2.46 bits per heavy atom. The Hall–Kier alpha value is -2.29. The van der Waals surface area contributed by atoms with Crippen molar-refractivity contribution in [3.63, 3.8) is 0 Å². The molecule has 0 spiro atoms. The molecule has 1 fully saturated rings. The highest BCUT2D eigenvalue weighted by molar-refractivity contribution is 5.72. The smallest absolute Gasteiger partial charge is 0.217 e. The zero-order valence-electron chi connectivity index (χ0n) is 14.6. The van der Waals surface area contributed by atoms with E-state index >= 15 is 0 Å². The van der Waals surface area contributed by atoms with Crippen molar-refractivity contribution in [1.29, 1.82) is 0 Å². The van der Waals surface area contributed by atoms with Crippen LogP contribution in [0.2, 0.25) is 0 Å². The van der Waals surface area contributed by atoms with Crippen LogP contribution in [0.1, 0.15) is 42.4 Å². The Bertz CT molecular complexity index is 685. The molecule has 1 aliphatic heterocycles. The Morgan fingerprint density at radius 1 is 1.12 bits per heavy atom. The van der Waals surface area contributed by atoms with Gasteiger partial charge in [-0.3, -0.25) is 4.79 Å². The van der Waals surface area contributed by atoms with Crippen molar-refractivity contribution in [3.05, 3.63) is 65.2 Å². The summed E-state index contributed by atoms with van der Waals surface area (Å²) in [4.78, 5) is 13.5. The second-order valence-corrected chi connectivity index (χ2v) is 6.75. The summed E-state index contributed by atoms with van der Waals surface area (Å²) in [6, 6.07) is 17.5. The van der Waals surface area contributed by atoms with Crippen molar-refractivity contribution >= 4 is 11.6 Å². The number of rotatable bonds is 4. The van der Waals surface area contributed by atoms with Crippen LogP contribution in [0.5, 0.6) is 0 Å². The minimum Gasteiger partial charge on any atom is -0.371 e. The largest absolute Gasteiger partial charge is 0.371 e. The first kappa shape index (κ1) is 16.6. The fourth-order valence-electron chi connectivity index (χ4n) is 3.43. The van der Waals surface area contributed by atoms with E-state index in [-0.39, 0.29) is 5.91 Å². The SMILES string of the molecule is CC(=O)NCc1ccc(C2CCN(c3cccc(C)c3)CC2)cc1. The van der Waals surface area contributed by atoms with Crippen molar-refractivity contribution in [1.82, 2.24) is 5.32 Å². The molecule has 3 heteroatoms. The molecule has 3 nitrogen and oxygen atoms in total.